The zero-order valence-electron chi connectivity index (χ0n) is 13.8. The van der Waals surface area contributed by atoms with Crippen molar-refractivity contribution < 1.29 is 9.59 Å². The lowest BCUT2D eigenvalue weighted by Crippen LogP contribution is -2.43. The number of para-hydroxylation sites is 1. The molecule has 0 aliphatic carbocycles. The van der Waals surface area contributed by atoms with Crippen LogP contribution in [0.15, 0.2) is 54.6 Å². The maximum absolute atomic E-state index is 12.7. The van der Waals surface area contributed by atoms with E-state index in [1.165, 1.54) is 0 Å². The van der Waals surface area contributed by atoms with Crippen molar-refractivity contribution in [1.29, 1.82) is 5.26 Å². The van der Waals surface area contributed by atoms with Gasteiger partial charge in [-0.25, -0.2) is 0 Å². The molecule has 0 aromatic heterocycles. The van der Waals surface area contributed by atoms with Gasteiger partial charge >= 0.3 is 0 Å². The highest BCUT2D eigenvalue weighted by atomic mass is 16.2. The van der Waals surface area contributed by atoms with Gasteiger partial charge in [0.05, 0.1) is 17.6 Å². The molecule has 1 saturated heterocycles. The fourth-order valence-corrected chi connectivity index (χ4v) is 3.05. The quantitative estimate of drug-likeness (QED) is 0.938. The number of rotatable bonds is 3. The zero-order chi connectivity index (χ0) is 17.6. The minimum atomic E-state index is -0.225. The molecule has 0 radical (unpaired) electrons. The number of hydrogen-bond acceptors (Lipinski definition) is 3. The second kappa shape index (κ2) is 7.63. The Balaban J connectivity index is 1.67. The number of carbonyl (C=O) groups excluding carboxylic acids is 2. The van der Waals surface area contributed by atoms with Gasteiger partial charge in [-0.2, -0.15) is 5.26 Å². The fraction of sp³-hybridized carbons (Fsp3) is 0.250. The lowest BCUT2D eigenvalue weighted by Gasteiger charge is -2.32. The highest BCUT2D eigenvalue weighted by Gasteiger charge is 2.29. The Hall–Kier alpha value is -3.13. The molecule has 0 bridgehead atoms. The molecule has 2 amide bonds. The number of amides is 2. The summed E-state index contributed by atoms with van der Waals surface area (Å²) in [5.74, 6) is -0.416. The molecule has 1 aliphatic heterocycles. The Morgan fingerprint density at radius 2 is 1.92 bits per heavy atom. The summed E-state index contributed by atoms with van der Waals surface area (Å²) in [5, 5.41) is 11.9. The molecule has 3 rings (SSSR count). The smallest absolute Gasteiger partial charge is 0.253 e. The second-order valence-corrected chi connectivity index (χ2v) is 6.14. The number of hydrogen-bond donors (Lipinski definition) is 1. The summed E-state index contributed by atoms with van der Waals surface area (Å²) in [6.07, 6.45) is 1.55. The Kier molecular flexibility index (Phi) is 5.10. The number of nitrogens with one attached hydrogen (secondary N) is 1. The molecular weight excluding hydrogens is 314 g/mol. The van der Waals surface area contributed by atoms with E-state index in [9.17, 15) is 9.59 Å². The predicted molar refractivity (Wildman–Crippen MR) is 94.9 cm³/mol. The van der Waals surface area contributed by atoms with Crippen LogP contribution in [0.5, 0.6) is 0 Å². The van der Waals surface area contributed by atoms with Gasteiger partial charge in [0.25, 0.3) is 5.91 Å². The molecule has 1 aliphatic rings. The molecule has 0 spiro atoms. The SMILES string of the molecule is N#Cc1cccc(C(=O)N2CCCC(C(=O)Nc3ccccc3)C2)c1. The van der Waals surface area contributed by atoms with Crippen molar-refractivity contribution in [3.63, 3.8) is 0 Å². The number of piperidine rings is 1. The maximum atomic E-state index is 12.7. The van der Waals surface area contributed by atoms with E-state index >= 15 is 0 Å². The Bertz CT molecular complexity index is 811. The topological polar surface area (TPSA) is 73.2 Å². The molecule has 5 heteroatoms. The van der Waals surface area contributed by atoms with Gasteiger partial charge in [-0.3, -0.25) is 9.59 Å². The first-order valence-electron chi connectivity index (χ1n) is 8.33. The van der Waals surface area contributed by atoms with Crippen molar-refractivity contribution in [2.45, 2.75) is 12.8 Å². The molecule has 2 aromatic rings. The number of likely N-dealkylation sites (tertiary alicyclic amines) is 1. The lowest BCUT2D eigenvalue weighted by atomic mass is 9.96. The normalized spacial score (nSPS) is 16.8. The van der Waals surface area contributed by atoms with E-state index in [-0.39, 0.29) is 17.7 Å². The van der Waals surface area contributed by atoms with E-state index in [0.29, 0.717) is 24.2 Å². The molecular formula is C20H19N3O2. The number of nitrogens with zero attached hydrogens (tertiary/aromatic N) is 2. The fourth-order valence-electron chi connectivity index (χ4n) is 3.05. The largest absolute Gasteiger partial charge is 0.338 e. The van der Waals surface area contributed by atoms with Crippen LogP contribution in [0.2, 0.25) is 0 Å². The summed E-state index contributed by atoms with van der Waals surface area (Å²) in [5.41, 5.74) is 1.71. The van der Waals surface area contributed by atoms with E-state index < -0.39 is 0 Å². The minimum absolute atomic E-state index is 0.0607. The first-order chi connectivity index (χ1) is 12.2. The molecule has 1 heterocycles. The summed E-state index contributed by atoms with van der Waals surface area (Å²) in [6, 6.07) is 18.0. The van der Waals surface area contributed by atoms with Gasteiger partial charge in [-0.1, -0.05) is 24.3 Å². The standard InChI is InChI=1S/C20H19N3O2/c21-13-15-6-4-7-16(12-15)20(25)23-11-5-8-17(14-23)19(24)22-18-9-2-1-3-10-18/h1-4,6-7,9-10,12,17H,5,8,11,14H2,(H,22,24). The highest BCUT2D eigenvalue weighted by molar-refractivity contribution is 5.96. The van der Waals surface area contributed by atoms with Crippen LogP contribution < -0.4 is 5.32 Å². The second-order valence-electron chi connectivity index (χ2n) is 6.14. The summed E-state index contributed by atoms with van der Waals surface area (Å²) in [7, 11) is 0. The van der Waals surface area contributed by atoms with E-state index in [1.807, 2.05) is 36.4 Å². The van der Waals surface area contributed by atoms with Crippen LogP contribution in [0.3, 0.4) is 0 Å². The third-order valence-corrected chi connectivity index (χ3v) is 4.36. The van der Waals surface area contributed by atoms with Crippen LogP contribution >= 0.6 is 0 Å². The van der Waals surface area contributed by atoms with Gasteiger partial charge in [0.1, 0.15) is 0 Å². The Morgan fingerprint density at radius 3 is 2.68 bits per heavy atom. The van der Waals surface area contributed by atoms with E-state index in [2.05, 4.69) is 5.32 Å². The van der Waals surface area contributed by atoms with Crippen LogP contribution in [-0.4, -0.2) is 29.8 Å². The van der Waals surface area contributed by atoms with Crippen LogP contribution in [0, 0.1) is 17.2 Å². The molecule has 1 atom stereocenters. The van der Waals surface area contributed by atoms with Crippen molar-refractivity contribution in [2.75, 3.05) is 18.4 Å². The molecule has 1 fully saturated rings. The molecule has 126 valence electrons. The van der Waals surface area contributed by atoms with Crippen LogP contribution in [0.25, 0.3) is 0 Å². The minimum Gasteiger partial charge on any atom is -0.338 e. The van der Waals surface area contributed by atoms with Crippen molar-refractivity contribution in [2.24, 2.45) is 5.92 Å². The summed E-state index contributed by atoms with van der Waals surface area (Å²) < 4.78 is 0. The van der Waals surface area contributed by atoms with Gasteiger partial charge in [-0.15, -0.1) is 0 Å². The molecule has 1 unspecified atom stereocenters. The van der Waals surface area contributed by atoms with Gasteiger partial charge in [-0.05, 0) is 43.2 Å². The average molecular weight is 333 g/mol. The van der Waals surface area contributed by atoms with Crippen LogP contribution in [0.4, 0.5) is 5.69 Å². The zero-order valence-corrected chi connectivity index (χ0v) is 13.8. The average Bonchev–Trinajstić information content (AvgIpc) is 2.68. The van der Waals surface area contributed by atoms with Gasteiger partial charge in [0, 0.05) is 24.3 Å². The van der Waals surface area contributed by atoms with Crippen molar-refractivity contribution in [3.05, 3.63) is 65.7 Å². The number of nitriles is 1. The van der Waals surface area contributed by atoms with Crippen molar-refractivity contribution in [3.8, 4) is 6.07 Å². The van der Waals surface area contributed by atoms with Crippen molar-refractivity contribution in [1.82, 2.24) is 4.90 Å². The molecule has 1 N–H and O–H groups in total. The van der Waals surface area contributed by atoms with Crippen LogP contribution in [0.1, 0.15) is 28.8 Å². The first kappa shape index (κ1) is 16.7. The van der Waals surface area contributed by atoms with Gasteiger partial charge in [0.2, 0.25) is 5.91 Å². The number of anilines is 1. The monoisotopic (exact) mass is 333 g/mol. The molecule has 25 heavy (non-hydrogen) atoms. The highest BCUT2D eigenvalue weighted by Crippen LogP contribution is 2.21. The summed E-state index contributed by atoms with van der Waals surface area (Å²) >= 11 is 0. The third-order valence-electron chi connectivity index (χ3n) is 4.36. The third kappa shape index (κ3) is 4.04. The van der Waals surface area contributed by atoms with Gasteiger partial charge < -0.3 is 10.2 Å². The first-order valence-corrected chi connectivity index (χ1v) is 8.33. The van der Waals surface area contributed by atoms with E-state index in [1.54, 1.807) is 29.2 Å². The Morgan fingerprint density at radius 1 is 1.12 bits per heavy atom. The van der Waals surface area contributed by atoms with Gasteiger partial charge in [0.15, 0.2) is 0 Å². The Labute approximate surface area is 146 Å². The number of benzene rings is 2. The molecule has 5 nitrogen and oxygen atoms in total. The molecule has 0 saturated carbocycles. The predicted octanol–water partition coefficient (Wildman–Crippen LogP) is 3.05. The number of carbonyl (C=O) groups is 2. The van der Waals surface area contributed by atoms with Crippen LogP contribution in [-0.2, 0) is 4.79 Å². The lowest BCUT2D eigenvalue weighted by molar-refractivity contribution is -0.121. The molecule has 2 aromatic carbocycles. The van der Waals surface area contributed by atoms with E-state index in [4.69, 9.17) is 5.26 Å². The maximum Gasteiger partial charge on any atom is 0.253 e. The van der Waals surface area contributed by atoms with Crippen molar-refractivity contribution >= 4 is 17.5 Å². The summed E-state index contributed by atoms with van der Waals surface area (Å²) in [4.78, 5) is 26.9. The van der Waals surface area contributed by atoms with E-state index in [0.717, 1.165) is 18.5 Å². The summed E-state index contributed by atoms with van der Waals surface area (Å²) in [6.45, 7) is 1.03.